The first-order valence-electron chi connectivity index (χ1n) is 8.05. The number of aromatic hydroxyl groups is 2. The minimum Gasteiger partial charge on any atom is -0.504 e. The zero-order chi connectivity index (χ0) is 13.9. The molecule has 3 aliphatic carbocycles. The average molecular weight is 271 g/mol. The first kappa shape index (κ1) is 12.6. The summed E-state index contributed by atoms with van der Waals surface area (Å²) in [6.07, 6.45) is 8.84. The molecule has 2 nitrogen and oxygen atoms in total. The van der Waals surface area contributed by atoms with E-state index >= 15 is 0 Å². The van der Waals surface area contributed by atoms with Crippen LogP contribution in [0.3, 0.4) is 0 Å². The van der Waals surface area contributed by atoms with E-state index in [1.54, 1.807) is 0 Å². The molecule has 0 unspecified atom stereocenters. The van der Waals surface area contributed by atoms with Crippen molar-refractivity contribution < 1.29 is 10.2 Å². The van der Waals surface area contributed by atoms with Gasteiger partial charge in [0.1, 0.15) is 0 Å². The summed E-state index contributed by atoms with van der Waals surface area (Å²) in [5, 5.41) is 20.1. The summed E-state index contributed by atoms with van der Waals surface area (Å²) in [7, 11) is 0. The maximum Gasteiger partial charge on any atom is 0.165 e. The summed E-state index contributed by atoms with van der Waals surface area (Å²) < 4.78 is 0. The summed E-state index contributed by atoms with van der Waals surface area (Å²) in [5.74, 6) is 2.02. The maximum absolute atomic E-state index is 10.3. The van der Waals surface area contributed by atoms with E-state index in [-0.39, 0.29) is 11.5 Å². The summed E-state index contributed by atoms with van der Waals surface area (Å²) in [5.41, 5.74) is 2.80. The molecule has 0 heterocycles. The van der Waals surface area contributed by atoms with Crippen LogP contribution in [0.15, 0.2) is 6.07 Å². The summed E-state index contributed by atoms with van der Waals surface area (Å²) >= 11 is 0. The van der Waals surface area contributed by atoms with Gasteiger partial charge in [0.15, 0.2) is 11.5 Å². The molecule has 0 spiro atoms. The van der Waals surface area contributed by atoms with Gasteiger partial charge >= 0.3 is 0 Å². The van der Waals surface area contributed by atoms with Crippen molar-refractivity contribution in [3.8, 4) is 11.5 Å². The van der Waals surface area contributed by atoms with E-state index in [0.717, 1.165) is 17.9 Å². The molecule has 107 valence electrons. The third-order valence-electron chi connectivity index (χ3n) is 6.54. The Kier molecular flexibility index (Phi) is 2.61. The second-order valence-electron chi connectivity index (χ2n) is 7.43. The lowest BCUT2D eigenvalue weighted by atomic mass is 9.56. The van der Waals surface area contributed by atoms with Crippen LogP contribution in [-0.2, 0) is 6.42 Å². The van der Waals surface area contributed by atoms with Crippen LogP contribution >= 0.6 is 0 Å². The predicted octanol–water partition coefficient (Wildman–Crippen LogP) is 4.14. The molecule has 20 heavy (non-hydrogen) atoms. The van der Waals surface area contributed by atoms with Crippen LogP contribution in [0.2, 0.25) is 0 Å². The quantitative estimate of drug-likeness (QED) is 0.696. The number of fused-ring (bicyclic) bond motifs is 5. The molecule has 2 N–H and O–H groups in total. The topological polar surface area (TPSA) is 40.5 Å². The third kappa shape index (κ3) is 1.57. The highest BCUT2D eigenvalue weighted by atomic mass is 16.3. The van der Waals surface area contributed by atoms with Gasteiger partial charge in [-0.25, -0.2) is 0 Å². The van der Waals surface area contributed by atoms with E-state index in [9.17, 15) is 10.2 Å². The highest BCUT2D eigenvalue weighted by Gasteiger charge is 2.50. The lowest BCUT2D eigenvalue weighted by molar-refractivity contribution is 0.0587. The molecule has 1 aromatic carbocycles. The fraction of sp³-hybridized carbons (Fsp3) is 0.667. The Morgan fingerprint density at radius 3 is 2.90 bits per heavy atom. The van der Waals surface area contributed by atoms with Gasteiger partial charge < -0.3 is 10.2 Å². The highest BCUT2D eigenvalue weighted by molar-refractivity contribution is 5.51. The number of hydrogen-bond acceptors (Lipinski definition) is 2. The zero-order valence-corrected chi connectivity index (χ0v) is 12.2. The molecule has 1 radical (unpaired) electrons. The monoisotopic (exact) mass is 271 g/mol. The van der Waals surface area contributed by atoms with Crippen molar-refractivity contribution in [1.82, 2.24) is 0 Å². The first-order valence-corrected chi connectivity index (χ1v) is 8.05. The van der Waals surface area contributed by atoms with Crippen molar-refractivity contribution in [2.45, 2.75) is 57.8 Å². The number of phenols is 2. The Morgan fingerprint density at radius 1 is 1.20 bits per heavy atom. The van der Waals surface area contributed by atoms with E-state index in [1.165, 1.54) is 44.1 Å². The van der Waals surface area contributed by atoms with Crippen LogP contribution in [0, 0.1) is 23.3 Å². The Morgan fingerprint density at radius 2 is 2.05 bits per heavy atom. The SMILES string of the molecule is C[C@@]12CCC[C@H]1[C@@H]1CCc3c[c]c(O)c(O)c3[C@H]1CC2. The number of benzene rings is 1. The molecule has 4 atom stereocenters. The second-order valence-corrected chi connectivity index (χ2v) is 7.43. The molecule has 0 bridgehead atoms. The maximum atomic E-state index is 10.3. The lowest BCUT2D eigenvalue weighted by Gasteiger charge is -2.49. The van der Waals surface area contributed by atoms with Crippen LogP contribution in [0.25, 0.3) is 0 Å². The van der Waals surface area contributed by atoms with Gasteiger partial charge in [0.05, 0.1) is 0 Å². The van der Waals surface area contributed by atoms with Gasteiger partial charge in [0.2, 0.25) is 0 Å². The predicted molar refractivity (Wildman–Crippen MR) is 77.8 cm³/mol. The standard InChI is InChI=1S/C18H23O2/c1-18-9-2-3-14(18)12-6-4-11-5-7-15(19)17(20)16(11)13(12)8-10-18/h5,12-14,19-20H,2-4,6,8-10H2,1H3/t12-,13+,14+,18+/m1/s1. The van der Waals surface area contributed by atoms with Gasteiger partial charge in [0, 0.05) is 11.6 Å². The molecule has 0 aliphatic heterocycles. The van der Waals surface area contributed by atoms with Gasteiger partial charge in [-0.05, 0) is 73.3 Å². The molecule has 0 aromatic heterocycles. The molecular weight excluding hydrogens is 248 g/mol. The highest BCUT2D eigenvalue weighted by Crippen LogP contribution is 2.62. The van der Waals surface area contributed by atoms with Crippen molar-refractivity contribution in [3.63, 3.8) is 0 Å². The molecule has 0 saturated heterocycles. The van der Waals surface area contributed by atoms with Crippen molar-refractivity contribution in [2.75, 3.05) is 0 Å². The first-order chi connectivity index (χ1) is 9.60. The molecular formula is C18H23O2. The van der Waals surface area contributed by atoms with E-state index in [0.29, 0.717) is 17.3 Å². The third-order valence-corrected chi connectivity index (χ3v) is 6.54. The number of aryl methyl sites for hydroxylation is 1. The summed E-state index contributed by atoms with van der Waals surface area (Å²) in [6.45, 7) is 2.48. The fourth-order valence-corrected chi connectivity index (χ4v) is 5.57. The molecule has 4 rings (SSSR count). The van der Waals surface area contributed by atoms with E-state index < -0.39 is 0 Å². The van der Waals surface area contributed by atoms with Gasteiger partial charge in [0.25, 0.3) is 0 Å². The Labute approximate surface area is 120 Å². The van der Waals surface area contributed by atoms with Crippen LogP contribution in [0.1, 0.15) is 62.5 Å². The molecule has 0 amide bonds. The number of rotatable bonds is 0. The van der Waals surface area contributed by atoms with Crippen LogP contribution < -0.4 is 0 Å². The normalized spacial score (nSPS) is 39.0. The van der Waals surface area contributed by atoms with Crippen LogP contribution in [-0.4, -0.2) is 10.2 Å². The summed E-state index contributed by atoms with van der Waals surface area (Å²) in [6, 6.07) is 4.67. The molecule has 2 heteroatoms. The van der Waals surface area contributed by atoms with Gasteiger partial charge in [-0.2, -0.15) is 0 Å². The van der Waals surface area contributed by atoms with Gasteiger partial charge in [-0.15, -0.1) is 0 Å². The summed E-state index contributed by atoms with van der Waals surface area (Å²) in [4.78, 5) is 0. The minimum absolute atomic E-state index is 0.0656. The van der Waals surface area contributed by atoms with E-state index in [4.69, 9.17) is 0 Å². The van der Waals surface area contributed by atoms with Crippen molar-refractivity contribution in [3.05, 3.63) is 23.3 Å². The van der Waals surface area contributed by atoms with Crippen molar-refractivity contribution in [1.29, 1.82) is 0 Å². The van der Waals surface area contributed by atoms with Crippen LogP contribution in [0.5, 0.6) is 11.5 Å². The number of hydrogen-bond donors (Lipinski definition) is 2. The molecule has 2 fully saturated rings. The van der Waals surface area contributed by atoms with E-state index in [1.807, 2.05) is 6.07 Å². The van der Waals surface area contributed by atoms with Crippen LogP contribution in [0.4, 0.5) is 0 Å². The van der Waals surface area contributed by atoms with E-state index in [2.05, 4.69) is 13.0 Å². The fourth-order valence-electron chi connectivity index (χ4n) is 5.57. The lowest BCUT2D eigenvalue weighted by Crippen LogP contribution is -2.39. The Hall–Kier alpha value is -1.18. The molecule has 2 saturated carbocycles. The minimum atomic E-state index is -0.0656. The van der Waals surface area contributed by atoms with Crippen molar-refractivity contribution >= 4 is 0 Å². The zero-order valence-electron chi connectivity index (χ0n) is 12.2. The molecule has 3 aliphatic rings. The Balaban J connectivity index is 1.78. The smallest absolute Gasteiger partial charge is 0.165 e. The van der Waals surface area contributed by atoms with Gasteiger partial charge in [-0.1, -0.05) is 13.3 Å². The van der Waals surface area contributed by atoms with Crippen molar-refractivity contribution in [2.24, 2.45) is 17.3 Å². The Bertz CT molecular complexity index is 551. The molecule has 1 aromatic rings. The second kappa shape index (κ2) is 4.16. The van der Waals surface area contributed by atoms with Gasteiger partial charge in [-0.3, -0.25) is 0 Å². The number of phenolic OH excluding ortho intramolecular Hbond substituents is 2. The average Bonchev–Trinajstić information content (AvgIpc) is 2.84. The largest absolute Gasteiger partial charge is 0.504 e.